The number of nitrogens with zero attached hydrogens (tertiary/aromatic N) is 1. The summed E-state index contributed by atoms with van der Waals surface area (Å²) in [5, 5.41) is 9.64. The summed E-state index contributed by atoms with van der Waals surface area (Å²) < 4.78 is 0. The fourth-order valence-corrected chi connectivity index (χ4v) is 2.19. The van der Waals surface area contributed by atoms with Crippen molar-refractivity contribution in [2.24, 2.45) is 5.73 Å². The largest absolute Gasteiger partial charge is 0.481 e. The second-order valence-corrected chi connectivity index (χ2v) is 4.50. The van der Waals surface area contributed by atoms with E-state index in [2.05, 4.69) is 4.98 Å². The molecule has 19 heavy (non-hydrogen) atoms. The molecule has 1 aromatic heterocycles. The molecule has 0 saturated carbocycles. The van der Waals surface area contributed by atoms with E-state index >= 15 is 0 Å². The van der Waals surface area contributed by atoms with Gasteiger partial charge >= 0.3 is 5.97 Å². The van der Waals surface area contributed by atoms with Crippen LogP contribution in [0.2, 0.25) is 0 Å². The SMILES string of the molecule is NCC(Cc1cccnc1)(C(=O)O)c1ccccc1. The highest BCUT2D eigenvalue weighted by molar-refractivity contribution is 5.82. The normalized spacial score (nSPS) is 13.7. The molecule has 0 radical (unpaired) electrons. The van der Waals surface area contributed by atoms with E-state index in [1.165, 1.54) is 0 Å². The summed E-state index contributed by atoms with van der Waals surface area (Å²) in [4.78, 5) is 15.8. The third kappa shape index (κ3) is 2.63. The zero-order valence-corrected chi connectivity index (χ0v) is 10.5. The number of hydrogen-bond acceptors (Lipinski definition) is 3. The summed E-state index contributed by atoms with van der Waals surface area (Å²) in [5.74, 6) is -0.912. The topological polar surface area (TPSA) is 76.2 Å². The van der Waals surface area contributed by atoms with Gasteiger partial charge in [-0.2, -0.15) is 0 Å². The molecule has 4 heteroatoms. The number of hydrogen-bond donors (Lipinski definition) is 2. The van der Waals surface area contributed by atoms with Crippen molar-refractivity contribution in [2.75, 3.05) is 6.54 Å². The molecule has 0 spiro atoms. The van der Waals surface area contributed by atoms with E-state index in [1.807, 2.05) is 24.3 Å². The second-order valence-electron chi connectivity index (χ2n) is 4.50. The molecule has 0 aliphatic heterocycles. The molecule has 1 aromatic carbocycles. The van der Waals surface area contributed by atoms with E-state index in [4.69, 9.17) is 5.73 Å². The molecule has 1 atom stereocenters. The summed E-state index contributed by atoms with van der Waals surface area (Å²) in [7, 11) is 0. The first-order valence-corrected chi connectivity index (χ1v) is 6.07. The Kier molecular flexibility index (Phi) is 3.92. The Bertz CT molecular complexity index is 543. The lowest BCUT2D eigenvalue weighted by molar-refractivity contribution is -0.143. The summed E-state index contributed by atoms with van der Waals surface area (Å²) in [5.41, 5.74) is 6.26. The Balaban J connectivity index is 2.44. The first-order valence-electron chi connectivity index (χ1n) is 6.07. The number of pyridine rings is 1. The van der Waals surface area contributed by atoms with Crippen molar-refractivity contribution in [1.29, 1.82) is 0 Å². The van der Waals surface area contributed by atoms with Crippen molar-refractivity contribution in [2.45, 2.75) is 11.8 Å². The van der Waals surface area contributed by atoms with Gasteiger partial charge in [-0.1, -0.05) is 36.4 Å². The second kappa shape index (κ2) is 5.63. The van der Waals surface area contributed by atoms with Gasteiger partial charge in [0.05, 0.1) is 0 Å². The van der Waals surface area contributed by atoms with Crippen molar-refractivity contribution < 1.29 is 9.90 Å². The predicted molar refractivity (Wildman–Crippen MR) is 72.8 cm³/mol. The maximum atomic E-state index is 11.8. The first-order chi connectivity index (χ1) is 9.19. The minimum absolute atomic E-state index is 0.0429. The van der Waals surface area contributed by atoms with Gasteiger partial charge in [-0.3, -0.25) is 9.78 Å². The van der Waals surface area contributed by atoms with Crippen molar-refractivity contribution >= 4 is 5.97 Å². The number of aliphatic carboxylic acids is 1. The molecule has 3 N–H and O–H groups in total. The van der Waals surface area contributed by atoms with E-state index in [0.29, 0.717) is 12.0 Å². The molecule has 2 aromatic rings. The van der Waals surface area contributed by atoms with Crippen LogP contribution >= 0.6 is 0 Å². The number of carbonyl (C=O) groups is 1. The number of rotatable bonds is 5. The predicted octanol–water partition coefficient (Wildman–Crippen LogP) is 1.61. The Morgan fingerprint density at radius 3 is 2.47 bits per heavy atom. The molecule has 98 valence electrons. The van der Waals surface area contributed by atoms with Crippen LogP contribution in [0.25, 0.3) is 0 Å². The summed E-state index contributed by atoms with van der Waals surface area (Å²) >= 11 is 0. The van der Waals surface area contributed by atoms with Gasteiger partial charge in [0, 0.05) is 18.9 Å². The van der Waals surface area contributed by atoms with Gasteiger partial charge in [-0.15, -0.1) is 0 Å². The van der Waals surface area contributed by atoms with Gasteiger partial charge < -0.3 is 10.8 Å². The van der Waals surface area contributed by atoms with E-state index in [0.717, 1.165) is 5.56 Å². The maximum Gasteiger partial charge on any atom is 0.315 e. The van der Waals surface area contributed by atoms with Gasteiger partial charge in [0.1, 0.15) is 5.41 Å². The Morgan fingerprint density at radius 1 is 1.21 bits per heavy atom. The Morgan fingerprint density at radius 2 is 1.95 bits per heavy atom. The third-order valence-electron chi connectivity index (χ3n) is 3.31. The van der Waals surface area contributed by atoms with Gasteiger partial charge in [0.25, 0.3) is 0 Å². The zero-order valence-electron chi connectivity index (χ0n) is 10.5. The van der Waals surface area contributed by atoms with Gasteiger partial charge in [-0.25, -0.2) is 0 Å². The van der Waals surface area contributed by atoms with Gasteiger partial charge in [0.2, 0.25) is 0 Å². The number of aromatic nitrogens is 1. The van der Waals surface area contributed by atoms with E-state index in [9.17, 15) is 9.90 Å². The van der Waals surface area contributed by atoms with Crippen LogP contribution in [0.4, 0.5) is 0 Å². The fraction of sp³-hybridized carbons (Fsp3) is 0.200. The maximum absolute atomic E-state index is 11.8. The molecule has 4 nitrogen and oxygen atoms in total. The summed E-state index contributed by atoms with van der Waals surface area (Å²) in [6.45, 7) is 0.0429. The van der Waals surface area contributed by atoms with Crippen molar-refractivity contribution in [1.82, 2.24) is 4.98 Å². The Labute approximate surface area is 111 Å². The Hall–Kier alpha value is -2.20. The lowest BCUT2D eigenvalue weighted by Gasteiger charge is -2.28. The van der Waals surface area contributed by atoms with Crippen molar-refractivity contribution in [3.63, 3.8) is 0 Å². The number of carboxylic acid groups (broad SMARTS) is 1. The van der Waals surface area contributed by atoms with Crippen LogP contribution in [0.1, 0.15) is 11.1 Å². The lowest BCUT2D eigenvalue weighted by atomic mass is 9.76. The number of nitrogens with two attached hydrogens (primary N) is 1. The molecule has 0 saturated heterocycles. The van der Waals surface area contributed by atoms with E-state index in [-0.39, 0.29) is 6.54 Å². The minimum atomic E-state index is -1.11. The molecular weight excluding hydrogens is 240 g/mol. The highest BCUT2D eigenvalue weighted by Gasteiger charge is 2.39. The molecule has 2 rings (SSSR count). The highest BCUT2D eigenvalue weighted by atomic mass is 16.4. The molecule has 0 amide bonds. The fourth-order valence-electron chi connectivity index (χ4n) is 2.19. The average Bonchev–Trinajstić information content (AvgIpc) is 2.46. The van der Waals surface area contributed by atoms with E-state index < -0.39 is 11.4 Å². The van der Waals surface area contributed by atoms with Crippen LogP contribution in [-0.2, 0) is 16.6 Å². The van der Waals surface area contributed by atoms with E-state index in [1.54, 1.807) is 30.6 Å². The van der Waals surface area contributed by atoms with Crippen LogP contribution in [0.15, 0.2) is 54.9 Å². The molecule has 1 unspecified atom stereocenters. The molecule has 0 aliphatic carbocycles. The third-order valence-corrected chi connectivity index (χ3v) is 3.31. The summed E-state index contributed by atoms with van der Waals surface area (Å²) in [6.07, 6.45) is 3.67. The molecule has 0 fully saturated rings. The highest BCUT2D eigenvalue weighted by Crippen LogP contribution is 2.28. The van der Waals surface area contributed by atoms with Crippen LogP contribution < -0.4 is 5.73 Å². The minimum Gasteiger partial charge on any atom is -0.481 e. The van der Waals surface area contributed by atoms with Crippen LogP contribution in [0.3, 0.4) is 0 Å². The number of benzene rings is 1. The molecular formula is C15H16N2O2. The monoisotopic (exact) mass is 256 g/mol. The van der Waals surface area contributed by atoms with Gasteiger partial charge in [0.15, 0.2) is 0 Å². The summed E-state index contributed by atoms with van der Waals surface area (Å²) in [6, 6.07) is 12.8. The first kappa shape index (κ1) is 13.2. The smallest absolute Gasteiger partial charge is 0.315 e. The molecule has 0 bridgehead atoms. The van der Waals surface area contributed by atoms with Gasteiger partial charge in [-0.05, 0) is 23.6 Å². The quantitative estimate of drug-likeness (QED) is 0.852. The van der Waals surface area contributed by atoms with Crippen molar-refractivity contribution in [3.05, 3.63) is 66.0 Å². The number of carboxylic acids is 1. The standard InChI is InChI=1S/C15H16N2O2/c16-11-15(14(18)19,13-6-2-1-3-7-13)9-12-5-4-8-17-10-12/h1-8,10H,9,11,16H2,(H,18,19). The van der Waals surface area contributed by atoms with Crippen LogP contribution in [0, 0.1) is 0 Å². The molecule has 0 aliphatic rings. The zero-order chi connectivity index (χ0) is 13.7. The average molecular weight is 256 g/mol. The van der Waals surface area contributed by atoms with Crippen molar-refractivity contribution in [3.8, 4) is 0 Å². The lowest BCUT2D eigenvalue weighted by Crippen LogP contribution is -2.45. The van der Waals surface area contributed by atoms with Crippen LogP contribution in [0.5, 0.6) is 0 Å². The van der Waals surface area contributed by atoms with Crippen LogP contribution in [-0.4, -0.2) is 22.6 Å². The molecule has 1 heterocycles.